The van der Waals surface area contributed by atoms with Crippen LogP contribution in [0.25, 0.3) is 0 Å². The average molecular weight is 282 g/mol. The van der Waals surface area contributed by atoms with Gasteiger partial charge in [-0.2, -0.15) is 0 Å². The normalized spacial score (nSPS) is 12.4. The van der Waals surface area contributed by atoms with Crippen LogP contribution in [0.2, 0.25) is 5.02 Å². The van der Waals surface area contributed by atoms with Gasteiger partial charge in [0.1, 0.15) is 12.4 Å². The second kappa shape index (κ2) is 6.23. The highest BCUT2D eigenvalue weighted by atomic mass is 35.5. The predicted octanol–water partition coefficient (Wildman–Crippen LogP) is 4.05. The third-order valence-corrected chi connectivity index (χ3v) is 3.93. The number of hydrogen-bond acceptors (Lipinski definition) is 3. The van der Waals surface area contributed by atoms with Gasteiger partial charge in [0.15, 0.2) is 0 Å². The zero-order chi connectivity index (χ0) is 13.0. The fraction of sp³-hybridized carbons (Fsp3) is 0.286. The van der Waals surface area contributed by atoms with Crippen LogP contribution in [-0.4, -0.2) is 13.7 Å². The van der Waals surface area contributed by atoms with Crippen molar-refractivity contribution in [3.8, 4) is 5.75 Å². The third-order valence-electron chi connectivity index (χ3n) is 2.84. The van der Waals surface area contributed by atoms with Crippen molar-refractivity contribution in [2.24, 2.45) is 0 Å². The lowest BCUT2D eigenvalue weighted by atomic mass is 10.1. The Balaban J connectivity index is 2.02. The Morgan fingerprint density at radius 3 is 2.83 bits per heavy atom. The van der Waals surface area contributed by atoms with Crippen LogP contribution >= 0.6 is 22.9 Å². The molecule has 0 aliphatic rings. The van der Waals surface area contributed by atoms with Crippen molar-refractivity contribution < 1.29 is 4.74 Å². The molecule has 18 heavy (non-hydrogen) atoms. The highest BCUT2D eigenvalue weighted by molar-refractivity contribution is 7.10. The van der Waals surface area contributed by atoms with Gasteiger partial charge in [-0.3, -0.25) is 0 Å². The van der Waals surface area contributed by atoms with Crippen LogP contribution in [-0.2, 0) is 0 Å². The zero-order valence-corrected chi connectivity index (χ0v) is 12.0. The number of likely N-dealkylation sites (N-methyl/N-ethyl adjacent to an activating group) is 1. The number of hydrogen-bond donors (Lipinski definition) is 1. The monoisotopic (exact) mass is 281 g/mol. The van der Waals surface area contributed by atoms with Gasteiger partial charge in [-0.1, -0.05) is 17.7 Å². The molecule has 0 bridgehead atoms. The lowest BCUT2D eigenvalue weighted by molar-refractivity contribution is 0.273. The molecule has 0 aliphatic heterocycles. The summed E-state index contributed by atoms with van der Waals surface area (Å²) in [4.78, 5) is 1.32. The maximum Gasteiger partial charge on any atom is 0.120 e. The van der Waals surface area contributed by atoms with Gasteiger partial charge in [0, 0.05) is 9.90 Å². The second-order valence-corrected chi connectivity index (χ2v) is 5.60. The summed E-state index contributed by atoms with van der Waals surface area (Å²) in [6, 6.07) is 9.82. The summed E-state index contributed by atoms with van der Waals surface area (Å²) >= 11 is 7.68. The summed E-state index contributed by atoms with van der Waals surface area (Å²) < 4.78 is 5.78. The van der Waals surface area contributed by atoms with E-state index in [1.807, 2.05) is 31.3 Å². The second-order valence-electron chi connectivity index (χ2n) is 4.04. The van der Waals surface area contributed by atoms with Gasteiger partial charge in [0.25, 0.3) is 0 Å². The van der Waals surface area contributed by atoms with Crippen molar-refractivity contribution in [1.82, 2.24) is 5.32 Å². The molecule has 0 aliphatic carbocycles. The molecule has 0 fully saturated rings. The Bertz CT molecular complexity index is 512. The number of thiophene rings is 1. The lowest BCUT2D eigenvalue weighted by Gasteiger charge is -2.17. The predicted molar refractivity (Wildman–Crippen MR) is 77.8 cm³/mol. The first kappa shape index (κ1) is 13.4. The fourth-order valence-corrected chi connectivity index (χ4v) is 2.77. The van der Waals surface area contributed by atoms with E-state index in [9.17, 15) is 0 Å². The summed E-state index contributed by atoms with van der Waals surface area (Å²) in [6.45, 7) is 2.72. The minimum absolute atomic E-state index is 0.204. The van der Waals surface area contributed by atoms with Crippen molar-refractivity contribution in [2.45, 2.75) is 13.0 Å². The van der Waals surface area contributed by atoms with Crippen molar-refractivity contribution in [3.63, 3.8) is 0 Å². The van der Waals surface area contributed by atoms with Gasteiger partial charge in [-0.25, -0.2) is 0 Å². The molecule has 1 atom stereocenters. The molecule has 4 heteroatoms. The first-order valence-electron chi connectivity index (χ1n) is 5.80. The van der Waals surface area contributed by atoms with Crippen LogP contribution < -0.4 is 10.1 Å². The number of ether oxygens (including phenoxy) is 1. The van der Waals surface area contributed by atoms with E-state index in [-0.39, 0.29) is 6.04 Å². The van der Waals surface area contributed by atoms with Gasteiger partial charge in [0.05, 0.1) is 6.04 Å². The Labute approximate surface area is 117 Å². The summed E-state index contributed by atoms with van der Waals surface area (Å²) in [5.74, 6) is 0.802. The number of halogens is 1. The topological polar surface area (TPSA) is 21.3 Å². The van der Waals surface area contributed by atoms with Crippen LogP contribution in [0.5, 0.6) is 5.75 Å². The van der Waals surface area contributed by atoms with E-state index in [1.54, 1.807) is 11.3 Å². The minimum Gasteiger partial charge on any atom is -0.492 e. The van der Waals surface area contributed by atoms with E-state index >= 15 is 0 Å². The van der Waals surface area contributed by atoms with Crippen LogP contribution in [0.3, 0.4) is 0 Å². The van der Waals surface area contributed by atoms with Crippen LogP contribution in [0.4, 0.5) is 0 Å². The standard InChI is InChI=1S/C14H16ClNOS/c1-10-13(6-7-18-10)14(16-2)9-17-12-5-3-4-11(15)8-12/h3-8,14,16H,9H2,1-2H3. The van der Waals surface area contributed by atoms with E-state index in [2.05, 4.69) is 23.7 Å². The van der Waals surface area contributed by atoms with Crippen molar-refractivity contribution in [1.29, 1.82) is 0 Å². The number of rotatable bonds is 5. The third kappa shape index (κ3) is 3.25. The first-order valence-corrected chi connectivity index (χ1v) is 7.06. The summed E-state index contributed by atoms with van der Waals surface area (Å²) in [5, 5.41) is 6.08. The van der Waals surface area contributed by atoms with Gasteiger partial charge >= 0.3 is 0 Å². The van der Waals surface area contributed by atoms with E-state index in [0.717, 1.165) is 5.75 Å². The minimum atomic E-state index is 0.204. The number of benzene rings is 1. The van der Waals surface area contributed by atoms with Crippen LogP contribution in [0.1, 0.15) is 16.5 Å². The molecule has 0 saturated heterocycles. The smallest absolute Gasteiger partial charge is 0.120 e. The molecule has 2 rings (SSSR count). The summed E-state index contributed by atoms with van der Waals surface area (Å²) in [5.41, 5.74) is 1.30. The molecule has 1 aromatic carbocycles. The average Bonchev–Trinajstić information content (AvgIpc) is 2.77. The van der Waals surface area contributed by atoms with E-state index in [1.165, 1.54) is 10.4 Å². The zero-order valence-electron chi connectivity index (χ0n) is 10.4. The molecule has 1 heterocycles. The molecule has 0 amide bonds. The molecule has 2 aromatic rings. The van der Waals surface area contributed by atoms with E-state index in [0.29, 0.717) is 11.6 Å². The van der Waals surface area contributed by atoms with E-state index < -0.39 is 0 Å². The van der Waals surface area contributed by atoms with Gasteiger partial charge in [-0.15, -0.1) is 11.3 Å². The number of nitrogens with one attached hydrogen (secondary N) is 1. The quantitative estimate of drug-likeness (QED) is 0.893. The Kier molecular flexibility index (Phi) is 4.64. The molecular weight excluding hydrogens is 266 g/mol. The van der Waals surface area contributed by atoms with Crippen molar-refractivity contribution in [3.05, 3.63) is 51.2 Å². The summed E-state index contributed by atoms with van der Waals surface area (Å²) in [7, 11) is 1.95. The molecular formula is C14H16ClNOS. The largest absolute Gasteiger partial charge is 0.492 e. The Morgan fingerprint density at radius 2 is 2.22 bits per heavy atom. The maximum absolute atomic E-state index is 5.92. The maximum atomic E-state index is 5.92. The van der Waals surface area contributed by atoms with Gasteiger partial charge in [-0.05, 0) is 49.2 Å². The summed E-state index contributed by atoms with van der Waals surface area (Å²) in [6.07, 6.45) is 0. The molecule has 0 spiro atoms. The van der Waals surface area contributed by atoms with Gasteiger partial charge in [0.2, 0.25) is 0 Å². The molecule has 96 valence electrons. The molecule has 1 aromatic heterocycles. The SMILES string of the molecule is CNC(COc1cccc(Cl)c1)c1ccsc1C. The molecule has 0 radical (unpaired) electrons. The Hall–Kier alpha value is -1.03. The highest BCUT2D eigenvalue weighted by Gasteiger charge is 2.13. The van der Waals surface area contributed by atoms with Crippen LogP contribution in [0, 0.1) is 6.92 Å². The fourth-order valence-electron chi connectivity index (χ4n) is 1.82. The first-order chi connectivity index (χ1) is 8.70. The van der Waals surface area contributed by atoms with Crippen molar-refractivity contribution >= 4 is 22.9 Å². The highest BCUT2D eigenvalue weighted by Crippen LogP contribution is 2.24. The lowest BCUT2D eigenvalue weighted by Crippen LogP contribution is -2.23. The molecule has 1 N–H and O–H groups in total. The number of aryl methyl sites for hydroxylation is 1. The molecule has 0 saturated carbocycles. The Morgan fingerprint density at radius 1 is 1.39 bits per heavy atom. The van der Waals surface area contributed by atoms with E-state index in [4.69, 9.17) is 16.3 Å². The van der Waals surface area contributed by atoms with Gasteiger partial charge < -0.3 is 10.1 Å². The van der Waals surface area contributed by atoms with Crippen molar-refractivity contribution in [2.75, 3.05) is 13.7 Å². The molecule has 1 unspecified atom stereocenters. The van der Waals surface area contributed by atoms with Crippen LogP contribution in [0.15, 0.2) is 35.7 Å². The molecule has 2 nitrogen and oxygen atoms in total.